The summed E-state index contributed by atoms with van der Waals surface area (Å²) in [6.45, 7) is 2.53. The van der Waals surface area contributed by atoms with E-state index in [1.54, 1.807) is 0 Å². The molecule has 2 nitrogen and oxygen atoms in total. The van der Waals surface area contributed by atoms with Crippen molar-refractivity contribution in [3.8, 4) is 5.75 Å². The van der Waals surface area contributed by atoms with Gasteiger partial charge in [-0.05, 0) is 18.6 Å². The summed E-state index contributed by atoms with van der Waals surface area (Å²) in [5.41, 5.74) is 1.68. The minimum atomic E-state index is -0.640. The van der Waals surface area contributed by atoms with Crippen molar-refractivity contribution in [3.05, 3.63) is 65.7 Å². The topological polar surface area (TPSA) is 29.5 Å². The average Bonchev–Trinajstić information content (AvgIpc) is 2.40. The number of aliphatic hydroxyl groups is 1. The Kier molecular flexibility index (Phi) is 3.78. The van der Waals surface area contributed by atoms with Crippen LogP contribution >= 0.6 is 0 Å². The Balaban J connectivity index is 2.33. The number of hydrogen-bond acceptors (Lipinski definition) is 2. The zero-order valence-electron chi connectivity index (χ0n) is 9.84. The van der Waals surface area contributed by atoms with E-state index in [9.17, 15) is 5.11 Å². The van der Waals surface area contributed by atoms with E-state index in [0.29, 0.717) is 6.61 Å². The Morgan fingerprint density at radius 1 is 1.00 bits per heavy atom. The number of para-hydroxylation sites is 1. The van der Waals surface area contributed by atoms with Crippen molar-refractivity contribution in [2.24, 2.45) is 0 Å². The number of hydrogen-bond donors (Lipinski definition) is 1. The molecule has 0 amide bonds. The van der Waals surface area contributed by atoms with Crippen molar-refractivity contribution in [2.45, 2.75) is 13.0 Å². The third-order valence-corrected chi connectivity index (χ3v) is 2.63. The van der Waals surface area contributed by atoms with Gasteiger partial charge in [0.2, 0.25) is 0 Å². The van der Waals surface area contributed by atoms with E-state index in [1.807, 2.05) is 61.5 Å². The van der Waals surface area contributed by atoms with E-state index >= 15 is 0 Å². The zero-order chi connectivity index (χ0) is 12.1. The van der Waals surface area contributed by atoms with Crippen molar-refractivity contribution >= 4 is 0 Å². The quantitative estimate of drug-likeness (QED) is 0.871. The van der Waals surface area contributed by atoms with Crippen LogP contribution in [0.25, 0.3) is 0 Å². The third-order valence-electron chi connectivity index (χ3n) is 2.63. The SMILES string of the molecule is CCOc1ccccc1[C@H](O)c1ccccc1. The molecule has 17 heavy (non-hydrogen) atoms. The Bertz CT molecular complexity index is 465. The first-order valence-electron chi connectivity index (χ1n) is 5.77. The second-order valence-corrected chi connectivity index (χ2v) is 3.78. The first-order chi connectivity index (χ1) is 8.33. The molecule has 0 aromatic heterocycles. The molecule has 0 radical (unpaired) electrons. The van der Waals surface area contributed by atoms with Gasteiger partial charge in [-0.1, -0.05) is 48.5 Å². The maximum atomic E-state index is 10.3. The standard InChI is InChI=1S/C15H16O2/c1-2-17-14-11-7-6-10-13(14)15(16)12-8-4-3-5-9-12/h3-11,15-16H,2H2,1H3/t15-/m1/s1. The smallest absolute Gasteiger partial charge is 0.125 e. The predicted molar refractivity (Wildman–Crippen MR) is 68.1 cm³/mol. The Hall–Kier alpha value is -1.80. The minimum Gasteiger partial charge on any atom is -0.493 e. The second-order valence-electron chi connectivity index (χ2n) is 3.78. The van der Waals surface area contributed by atoms with Gasteiger partial charge in [0.25, 0.3) is 0 Å². The molecular formula is C15H16O2. The van der Waals surface area contributed by atoms with Gasteiger partial charge in [-0.15, -0.1) is 0 Å². The summed E-state index contributed by atoms with van der Waals surface area (Å²) in [6, 6.07) is 17.2. The molecule has 2 aromatic rings. The van der Waals surface area contributed by atoms with E-state index < -0.39 is 6.10 Å². The number of rotatable bonds is 4. The number of ether oxygens (including phenoxy) is 1. The molecule has 0 fully saturated rings. The molecule has 0 saturated heterocycles. The largest absolute Gasteiger partial charge is 0.493 e. The van der Waals surface area contributed by atoms with E-state index in [-0.39, 0.29) is 0 Å². The van der Waals surface area contributed by atoms with Gasteiger partial charge in [0, 0.05) is 5.56 Å². The molecule has 0 aliphatic heterocycles. The lowest BCUT2D eigenvalue weighted by Gasteiger charge is -2.15. The Labute approximate surface area is 101 Å². The lowest BCUT2D eigenvalue weighted by atomic mass is 10.0. The van der Waals surface area contributed by atoms with Crippen LogP contribution < -0.4 is 4.74 Å². The summed E-state index contributed by atoms with van der Waals surface area (Å²) in [5, 5.41) is 10.3. The monoisotopic (exact) mass is 228 g/mol. The Morgan fingerprint density at radius 3 is 2.35 bits per heavy atom. The Morgan fingerprint density at radius 2 is 1.65 bits per heavy atom. The van der Waals surface area contributed by atoms with Gasteiger partial charge in [-0.25, -0.2) is 0 Å². The highest BCUT2D eigenvalue weighted by molar-refractivity contribution is 5.40. The maximum absolute atomic E-state index is 10.3. The normalized spacial score (nSPS) is 12.1. The fourth-order valence-corrected chi connectivity index (χ4v) is 1.81. The first kappa shape index (κ1) is 11.7. The minimum absolute atomic E-state index is 0.596. The van der Waals surface area contributed by atoms with Gasteiger partial charge < -0.3 is 9.84 Å². The van der Waals surface area contributed by atoms with Crippen LogP contribution in [0.1, 0.15) is 24.2 Å². The summed E-state index contributed by atoms with van der Waals surface area (Å²) in [7, 11) is 0. The van der Waals surface area contributed by atoms with Gasteiger partial charge in [-0.2, -0.15) is 0 Å². The maximum Gasteiger partial charge on any atom is 0.125 e. The van der Waals surface area contributed by atoms with E-state index in [2.05, 4.69) is 0 Å². The first-order valence-corrected chi connectivity index (χ1v) is 5.77. The van der Waals surface area contributed by atoms with Gasteiger partial charge in [0.1, 0.15) is 11.9 Å². The third kappa shape index (κ3) is 2.66. The fourth-order valence-electron chi connectivity index (χ4n) is 1.81. The zero-order valence-corrected chi connectivity index (χ0v) is 9.84. The van der Waals surface area contributed by atoms with Crippen molar-refractivity contribution in [1.29, 1.82) is 0 Å². The molecule has 0 spiro atoms. The molecule has 0 saturated carbocycles. The second kappa shape index (κ2) is 5.51. The van der Waals surface area contributed by atoms with Crippen LogP contribution in [-0.4, -0.2) is 11.7 Å². The molecule has 2 aromatic carbocycles. The van der Waals surface area contributed by atoms with Crippen LogP contribution in [0, 0.1) is 0 Å². The van der Waals surface area contributed by atoms with Crippen molar-refractivity contribution < 1.29 is 9.84 Å². The van der Waals surface area contributed by atoms with E-state index in [1.165, 1.54) is 0 Å². The molecule has 2 heteroatoms. The molecule has 0 bridgehead atoms. The fraction of sp³-hybridized carbons (Fsp3) is 0.200. The molecule has 88 valence electrons. The molecular weight excluding hydrogens is 212 g/mol. The highest BCUT2D eigenvalue weighted by Gasteiger charge is 2.14. The lowest BCUT2D eigenvalue weighted by Crippen LogP contribution is -2.03. The predicted octanol–water partition coefficient (Wildman–Crippen LogP) is 3.17. The van der Waals surface area contributed by atoms with Crippen molar-refractivity contribution in [2.75, 3.05) is 6.61 Å². The number of aliphatic hydroxyl groups excluding tert-OH is 1. The molecule has 0 unspecified atom stereocenters. The van der Waals surface area contributed by atoms with Crippen LogP contribution in [-0.2, 0) is 0 Å². The lowest BCUT2D eigenvalue weighted by molar-refractivity contribution is 0.212. The highest BCUT2D eigenvalue weighted by Crippen LogP contribution is 2.29. The van der Waals surface area contributed by atoms with Gasteiger partial charge in [0.15, 0.2) is 0 Å². The van der Waals surface area contributed by atoms with Gasteiger partial charge >= 0.3 is 0 Å². The molecule has 0 aliphatic rings. The summed E-state index contributed by atoms with van der Waals surface area (Å²) in [5.74, 6) is 0.742. The summed E-state index contributed by atoms with van der Waals surface area (Å²) < 4.78 is 5.52. The van der Waals surface area contributed by atoms with Crippen LogP contribution in [0.2, 0.25) is 0 Å². The van der Waals surface area contributed by atoms with Gasteiger partial charge in [-0.3, -0.25) is 0 Å². The van der Waals surface area contributed by atoms with Crippen molar-refractivity contribution in [1.82, 2.24) is 0 Å². The highest BCUT2D eigenvalue weighted by atomic mass is 16.5. The van der Waals surface area contributed by atoms with Crippen LogP contribution in [0.5, 0.6) is 5.75 Å². The van der Waals surface area contributed by atoms with Crippen LogP contribution in [0.3, 0.4) is 0 Å². The molecule has 1 N–H and O–H groups in total. The summed E-state index contributed by atoms with van der Waals surface area (Å²) in [6.07, 6.45) is -0.640. The molecule has 1 atom stereocenters. The van der Waals surface area contributed by atoms with Crippen LogP contribution in [0.15, 0.2) is 54.6 Å². The summed E-state index contributed by atoms with van der Waals surface area (Å²) >= 11 is 0. The van der Waals surface area contributed by atoms with E-state index in [0.717, 1.165) is 16.9 Å². The summed E-state index contributed by atoms with van der Waals surface area (Å²) in [4.78, 5) is 0. The number of benzene rings is 2. The van der Waals surface area contributed by atoms with Crippen LogP contribution in [0.4, 0.5) is 0 Å². The molecule has 0 aliphatic carbocycles. The molecule has 2 rings (SSSR count). The van der Waals surface area contributed by atoms with Crippen molar-refractivity contribution in [3.63, 3.8) is 0 Å². The van der Waals surface area contributed by atoms with Gasteiger partial charge in [0.05, 0.1) is 6.61 Å². The van der Waals surface area contributed by atoms with E-state index in [4.69, 9.17) is 4.74 Å². The molecule has 0 heterocycles. The average molecular weight is 228 g/mol.